The number of nitrogens with one attached hydrogen (secondary N) is 2. The van der Waals surface area contributed by atoms with E-state index < -0.39 is 6.03 Å². The van der Waals surface area contributed by atoms with E-state index >= 15 is 0 Å². The Morgan fingerprint density at radius 3 is 2.54 bits per heavy atom. The number of nitriles is 1. The van der Waals surface area contributed by atoms with Crippen LogP contribution < -0.4 is 10.6 Å². The van der Waals surface area contributed by atoms with E-state index in [9.17, 15) is 4.79 Å². The lowest BCUT2D eigenvalue weighted by molar-refractivity contribution is 0.262. The molecule has 7 nitrogen and oxygen atoms in total. The molecular weight excluding hydrogens is 374 g/mol. The van der Waals surface area contributed by atoms with Crippen molar-refractivity contribution in [2.45, 2.75) is 26.2 Å². The fraction of sp³-hybridized carbons (Fsp3) is 0.200. The second-order valence-corrected chi connectivity index (χ2v) is 8.04. The van der Waals surface area contributed by atoms with Crippen molar-refractivity contribution < 1.29 is 9.21 Å². The highest BCUT2D eigenvalue weighted by atomic mass is 32.1. The Bertz CT molecular complexity index is 1040. The van der Waals surface area contributed by atoms with Gasteiger partial charge in [-0.25, -0.2) is 14.8 Å². The Kier molecular flexibility index (Phi) is 5.57. The largest absolute Gasteiger partial charge is 0.441 e. The Morgan fingerprint density at radius 1 is 1.14 bits per heavy atom. The molecule has 2 amide bonds. The minimum atomic E-state index is -0.405. The highest BCUT2D eigenvalue weighted by Gasteiger charge is 2.18. The fourth-order valence-corrected chi connectivity index (χ4v) is 2.89. The summed E-state index contributed by atoms with van der Waals surface area (Å²) in [5, 5.41) is 14.6. The van der Waals surface area contributed by atoms with Crippen molar-refractivity contribution in [3.8, 4) is 6.07 Å². The summed E-state index contributed by atoms with van der Waals surface area (Å²) in [7, 11) is 0. The van der Waals surface area contributed by atoms with Gasteiger partial charge in [-0.1, -0.05) is 32.1 Å². The predicted molar refractivity (Wildman–Crippen MR) is 110 cm³/mol. The predicted octanol–water partition coefficient (Wildman–Crippen LogP) is 5.11. The third kappa shape index (κ3) is 5.05. The van der Waals surface area contributed by atoms with Crippen LogP contribution in [0.2, 0.25) is 0 Å². The molecule has 0 aliphatic heterocycles. The number of anilines is 2. The van der Waals surface area contributed by atoms with Crippen LogP contribution in [0.15, 0.2) is 41.1 Å². The van der Waals surface area contributed by atoms with Crippen molar-refractivity contribution in [3.63, 3.8) is 0 Å². The molecule has 0 saturated heterocycles. The fourth-order valence-electron chi connectivity index (χ4n) is 2.17. The maximum absolute atomic E-state index is 12.1. The maximum Gasteiger partial charge on any atom is 0.325 e. The first kappa shape index (κ1) is 19.3. The Labute approximate surface area is 166 Å². The van der Waals surface area contributed by atoms with E-state index in [1.807, 2.05) is 12.1 Å². The second-order valence-electron chi connectivity index (χ2n) is 6.98. The average Bonchev–Trinajstić information content (AvgIpc) is 3.29. The molecule has 0 spiro atoms. The van der Waals surface area contributed by atoms with Crippen LogP contribution in [-0.4, -0.2) is 16.0 Å². The molecule has 28 heavy (non-hydrogen) atoms. The SMILES string of the molecule is CC(C)(C)c1cnc(/C=C/c2cnc(NC(=O)Nc3ccc(C#N)cc3)s2)o1. The first-order valence-corrected chi connectivity index (χ1v) is 9.33. The first-order chi connectivity index (χ1) is 13.3. The van der Waals surface area contributed by atoms with Crippen LogP contribution in [0.5, 0.6) is 0 Å². The van der Waals surface area contributed by atoms with Gasteiger partial charge in [0.05, 0.1) is 17.8 Å². The molecule has 1 aromatic carbocycles. The van der Waals surface area contributed by atoms with Crippen molar-refractivity contribution >= 4 is 40.3 Å². The number of hydrogen-bond acceptors (Lipinski definition) is 6. The number of amides is 2. The van der Waals surface area contributed by atoms with E-state index in [2.05, 4.69) is 41.4 Å². The van der Waals surface area contributed by atoms with E-state index in [0.717, 1.165) is 10.6 Å². The van der Waals surface area contributed by atoms with Crippen LogP contribution >= 0.6 is 11.3 Å². The molecule has 0 atom stereocenters. The molecular formula is C20H19N5O2S. The number of carbonyl (C=O) groups excluding carboxylic acids is 1. The average molecular weight is 393 g/mol. The number of oxazole rings is 1. The number of nitrogens with zero attached hydrogens (tertiary/aromatic N) is 3. The van der Waals surface area contributed by atoms with Crippen LogP contribution in [0.25, 0.3) is 12.2 Å². The molecule has 3 rings (SSSR count). The molecule has 2 heterocycles. The van der Waals surface area contributed by atoms with Gasteiger partial charge >= 0.3 is 6.03 Å². The van der Waals surface area contributed by atoms with Crippen LogP contribution in [-0.2, 0) is 5.41 Å². The lowest BCUT2D eigenvalue weighted by Gasteiger charge is -2.12. The van der Waals surface area contributed by atoms with E-state index in [0.29, 0.717) is 22.3 Å². The summed E-state index contributed by atoms with van der Waals surface area (Å²) in [5.41, 5.74) is 1.03. The number of aromatic nitrogens is 2. The Balaban J connectivity index is 1.58. The topological polar surface area (TPSA) is 104 Å². The third-order valence-electron chi connectivity index (χ3n) is 3.67. The molecule has 3 aromatic rings. The number of benzene rings is 1. The van der Waals surface area contributed by atoms with Gasteiger partial charge in [0, 0.05) is 28.3 Å². The number of thiazole rings is 1. The van der Waals surface area contributed by atoms with Crippen LogP contribution in [0.4, 0.5) is 15.6 Å². The molecule has 8 heteroatoms. The molecule has 0 saturated carbocycles. The van der Waals surface area contributed by atoms with Crippen molar-refractivity contribution in [2.75, 3.05) is 10.6 Å². The third-order valence-corrected chi connectivity index (χ3v) is 4.55. The minimum Gasteiger partial charge on any atom is -0.441 e. The zero-order valence-electron chi connectivity index (χ0n) is 15.7. The molecule has 2 aromatic heterocycles. The quantitative estimate of drug-likeness (QED) is 0.640. The normalized spacial score (nSPS) is 11.4. The first-order valence-electron chi connectivity index (χ1n) is 8.52. The van der Waals surface area contributed by atoms with E-state index in [1.54, 1.807) is 42.7 Å². The molecule has 0 bridgehead atoms. The minimum absolute atomic E-state index is 0.0943. The lowest BCUT2D eigenvalue weighted by Crippen LogP contribution is -2.19. The van der Waals surface area contributed by atoms with Crippen LogP contribution in [0.1, 0.15) is 42.9 Å². The molecule has 0 radical (unpaired) electrons. The van der Waals surface area contributed by atoms with Crippen molar-refractivity contribution in [1.29, 1.82) is 5.26 Å². The smallest absolute Gasteiger partial charge is 0.325 e. The van der Waals surface area contributed by atoms with Crippen LogP contribution in [0, 0.1) is 11.3 Å². The highest BCUT2D eigenvalue weighted by Crippen LogP contribution is 2.24. The number of hydrogen-bond donors (Lipinski definition) is 2. The summed E-state index contributed by atoms with van der Waals surface area (Å²) in [6.07, 6.45) is 6.99. The van der Waals surface area contributed by atoms with Gasteiger partial charge in [-0.3, -0.25) is 5.32 Å². The van der Waals surface area contributed by atoms with Crippen molar-refractivity contribution in [2.24, 2.45) is 0 Å². The summed E-state index contributed by atoms with van der Waals surface area (Å²) in [6.45, 7) is 6.18. The standard InChI is InChI=1S/C20H19N5O2S/c1-20(2,3)16-12-22-17(27-16)9-8-15-11-23-19(28-15)25-18(26)24-14-6-4-13(10-21)5-7-14/h4-9,11-12H,1-3H3,(H2,23,24,25,26)/b9-8+. The highest BCUT2D eigenvalue weighted by molar-refractivity contribution is 7.16. The summed E-state index contributed by atoms with van der Waals surface area (Å²) in [4.78, 5) is 21.3. The van der Waals surface area contributed by atoms with Gasteiger partial charge in [0.2, 0.25) is 5.89 Å². The second kappa shape index (κ2) is 8.06. The summed E-state index contributed by atoms with van der Waals surface area (Å²) in [5.74, 6) is 1.34. The zero-order chi connectivity index (χ0) is 20.1. The summed E-state index contributed by atoms with van der Waals surface area (Å²) >= 11 is 1.33. The zero-order valence-corrected chi connectivity index (χ0v) is 16.5. The molecule has 0 aliphatic carbocycles. The monoisotopic (exact) mass is 393 g/mol. The number of rotatable bonds is 4. The van der Waals surface area contributed by atoms with E-state index in [1.165, 1.54) is 11.3 Å². The molecule has 0 unspecified atom stereocenters. The molecule has 0 aliphatic rings. The number of urea groups is 1. The molecule has 142 valence electrons. The van der Waals surface area contributed by atoms with Crippen LogP contribution in [0.3, 0.4) is 0 Å². The summed E-state index contributed by atoms with van der Waals surface area (Å²) < 4.78 is 5.71. The van der Waals surface area contributed by atoms with Gasteiger partial charge in [-0.15, -0.1) is 0 Å². The Hall–Kier alpha value is -3.44. The van der Waals surface area contributed by atoms with Gasteiger partial charge in [0.1, 0.15) is 5.76 Å². The maximum atomic E-state index is 12.1. The van der Waals surface area contributed by atoms with Crippen molar-refractivity contribution in [3.05, 3.63) is 58.8 Å². The van der Waals surface area contributed by atoms with E-state index in [4.69, 9.17) is 9.68 Å². The van der Waals surface area contributed by atoms with Crippen molar-refractivity contribution in [1.82, 2.24) is 9.97 Å². The van der Waals surface area contributed by atoms with Gasteiger partial charge < -0.3 is 9.73 Å². The van der Waals surface area contributed by atoms with Gasteiger partial charge in [0.15, 0.2) is 5.13 Å². The Morgan fingerprint density at radius 2 is 1.89 bits per heavy atom. The molecule has 2 N–H and O–H groups in total. The lowest BCUT2D eigenvalue weighted by atomic mass is 9.94. The van der Waals surface area contributed by atoms with Gasteiger partial charge in [-0.05, 0) is 30.3 Å². The molecule has 0 fully saturated rings. The van der Waals surface area contributed by atoms with Gasteiger partial charge in [-0.2, -0.15) is 5.26 Å². The summed E-state index contributed by atoms with van der Waals surface area (Å²) in [6, 6.07) is 8.22. The number of carbonyl (C=O) groups is 1. The van der Waals surface area contributed by atoms with Gasteiger partial charge in [0.25, 0.3) is 0 Å². The van der Waals surface area contributed by atoms with E-state index in [-0.39, 0.29) is 5.41 Å².